The molecule has 0 radical (unpaired) electrons. The third kappa shape index (κ3) is 14.4. The lowest BCUT2D eigenvalue weighted by Crippen LogP contribution is -3.09. The third-order valence-corrected chi connectivity index (χ3v) is 2.91. The lowest BCUT2D eigenvalue weighted by molar-refractivity contribution is -0.880. The van der Waals surface area contributed by atoms with Gasteiger partial charge in [0.15, 0.2) is 0 Å². The van der Waals surface area contributed by atoms with Crippen LogP contribution in [0.5, 0.6) is 0 Å². The summed E-state index contributed by atoms with van der Waals surface area (Å²) in [4.78, 5) is 1.73. The molecule has 15 heavy (non-hydrogen) atoms. The van der Waals surface area contributed by atoms with Crippen molar-refractivity contribution in [1.29, 1.82) is 0 Å². The molecule has 0 aromatic carbocycles. The van der Waals surface area contributed by atoms with Gasteiger partial charge in [0, 0.05) is 0 Å². The van der Waals surface area contributed by atoms with Crippen molar-refractivity contribution in [3.63, 3.8) is 0 Å². The number of nitrogens with one attached hydrogen (secondary N) is 1. The van der Waals surface area contributed by atoms with Gasteiger partial charge in [-0.05, 0) is 25.7 Å². The molecule has 0 spiro atoms. The Morgan fingerprint density at radius 1 is 0.667 bits per heavy atom. The molecule has 1 N–H and O–H groups in total. The van der Waals surface area contributed by atoms with Gasteiger partial charge in [-0.2, -0.15) is 0 Å². The van der Waals surface area contributed by atoms with Gasteiger partial charge in [0.05, 0.1) is 20.1 Å². The molecule has 0 bridgehead atoms. The molecule has 0 unspecified atom stereocenters. The molecule has 0 aliphatic heterocycles. The molecule has 0 aliphatic rings. The number of halogens is 1. The molecule has 0 saturated heterocycles. The van der Waals surface area contributed by atoms with E-state index in [1.54, 1.807) is 4.90 Å². The van der Waals surface area contributed by atoms with Gasteiger partial charge in [-0.15, -0.1) is 0 Å². The highest BCUT2D eigenvalue weighted by molar-refractivity contribution is 4.40. The number of rotatable bonds is 10. The van der Waals surface area contributed by atoms with Crippen LogP contribution in [0.25, 0.3) is 0 Å². The summed E-state index contributed by atoms with van der Waals surface area (Å²) in [6, 6.07) is 0. The standard InChI is InChI=1S/C13H29N.BrH/c1-4-6-8-10-12-14(3)13-11-9-7-5-2;/h4-13H2,1-3H3;1H. The molecule has 0 fully saturated rings. The maximum atomic E-state index is 2.35. The van der Waals surface area contributed by atoms with E-state index in [2.05, 4.69) is 20.9 Å². The number of quaternary nitrogens is 1. The van der Waals surface area contributed by atoms with E-state index >= 15 is 0 Å². The summed E-state index contributed by atoms with van der Waals surface area (Å²) in [5, 5.41) is 0. The van der Waals surface area contributed by atoms with Gasteiger partial charge in [0.25, 0.3) is 0 Å². The van der Waals surface area contributed by atoms with E-state index in [0.717, 1.165) is 0 Å². The first-order valence-electron chi connectivity index (χ1n) is 6.62. The average Bonchev–Trinajstić information content (AvgIpc) is 2.19. The van der Waals surface area contributed by atoms with Crippen molar-refractivity contribution in [2.75, 3.05) is 20.1 Å². The third-order valence-electron chi connectivity index (χ3n) is 2.91. The fourth-order valence-corrected chi connectivity index (χ4v) is 1.83. The zero-order valence-electron chi connectivity index (χ0n) is 10.9. The lowest BCUT2D eigenvalue weighted by atomic mass is 10.2. The van der Waals surface area contributed by atoms with Gasteiger partial charge in [0.2, 0.25) is 0 Å². The van der Waals surface area contributed by atoms with Crippen LogP contribution < -0.4 is 21.9 Å². The Hall–Kier alpha value is 0.440. The molecular weight excluding hydrogens is 250 g/mol. The summed E-state index contributed by atoms with van der Waals surface area (Å²) < 4.78 is 0. The van der Waals surface area contributed by atoms with Crippen LogP contribution in [0, 0.1) is 0 Å². The van der Waals surface area contributed by atoms with E-state index in [1.165, 1.54) is 64.5 Å². The monoisotopic (exact) mass is 279 g/mol. The van der Waals surface area contributed by atoms with Gasteiger partial charge in [0.1, 0.15) is 0 Å². The summed E-state index contributed by atoms with van der Waals surface area (Å²) in [6.07, 6.45) is 11.3. The zero-order valence-corrected chi connectivity index (χ0v) is 12.5. The Labute approximate surface area is 107 Å². The maximum Gasteiger partial charge on any atom is 0.0768 e. The van der Waals surface area contributed by atoms with Crippen LogP contribution >= 0.6 is 0 Å². The van der Waals surface area contributed by atoms with E-state index in [4.69, 9.17) is 0 Å². The molecule has 0 rings (SSSR count). The molecule has 0 aromatic heterocycles. The highest BCUT2D eigenvalue weighted by Crippen LogP contribution is 1.97. The summed E-state index contributed by atoms with van der Waals surface area (Å²) in [5.41, 5.74) is 0. The van der Waals surface area contributed by atoms with Gasteiger partial charge < -0.3 is 21.9 Å². The second kappa shape index (κ2) is 14.4. The fraction of sp³-hybridized carbons (Fsp3) is 1.00. The van der Waals surface area contributed by atoms with Crippen LogP contribution in [-0.4, -0.2) is 20.1 Å². The molecule has 0 atom stereocenters. The van der Waals surface area contributed by atoms with Crippen molar-refractivity contribution in [2.24, 2.45) is 0 Å². The number of unbranched alkanes of at least 4 members (excludes halogenated alkanes) is 6. The first-order valence-corrected chi connectivity index (χ1v) is 6.62. The van der Waals surface area contributed by atoms with E-state index in [-0.39, 0.29) is 17.0 Å². The highest BCUT2D eigenvalue weighted by atomic mass is 79.9. The van der Waals surface area contributed by atoms with Crippen molar-refractivity contribution in [2.45, 2.75) is 65.2 Å². The van der Waals surface area contributed by atoms with Crippen LogP contribution in [0.2, 0.25) is 0 Å². The van der Waals surface area contributed by atoms with Crippen LogP contribution in [0.1, 0.15) is 65.2 Å². The molecule has 1 nitrogen and oxygen atoms in total. The minimum atomic E-state index is 0. The van der Waals surface area contributed by atoms with Crippen LogP contribution in [0.3, 0.4) is 0 Å². The van der Waals surface area contributed by atoms with E-state index in [1.807, 2.05) is 0 Å². The molecule has 0 amide bonds. The van der Waals surface area contributed by atoms with Crippen LogP contribution in [0.4, 0.5) is 0 Å². The van der Waals surface area contributed by atoms with E-state index in [0.29, 0.717) is 0 Å². The Morgan fingerprint density at radius 3 is 1.40 bits per heavy atom. The van der Waals surface area contributed by atoms with Crippen molar-refractivity contribution < 1.29 is 21.9 Å². The second-order valence-corrected chi connectivity index (χ2v) is 4.58. The highest BCUT2D eigenvalue weighted by Gasteiger charge is 2.00. The minimum absolute atomic E-state index is 0. The molecule has 0 heterocycles. The Bertz CT molecular complexity index is 94.7. The quantitative estimate of drug-likeness (QED) is 0.523. The topological polar surface area (TPSA) is 4.44 Å². The van der Waals surface area contributed by atoms with Crippen LogP contribution in [0.15, 0.2) is 0 Å². The minimum Gasteiger partial charge on any atom is -1.00 e. The summed E-state index contributed by atoms with van der Waals surface area (Å²) in [7, 11) is 2.35. The van der Waals surface area contributed by atoms with Crippen molar-refractivity contribution in [1.82, 2.24) is 0 Å². The smallest absolute Gasteiger partial charge is 0.0768 e. The van der Waals surface area contributed by atoms with Crippen molar-refractivity contribution in [3.8, 4) is 0 Å². The Morgan fingerprint density at radius 2 is 1.07 bits per heavy atom. The maximum absolute atomic E-state index is 2.35. The summed E-state index contributed by atoms with van der Waals surface area (Å²) in [6.45, 7) is 7.32. The summed E-state index contributed by atoms with van der Waals surface area (Å²) in [5.74, 6) is 0. The normalized spacial score (nSPS) is 10.4. The van der Waals surface area contributed by atoms with Gasteiger partial charge in [-0.25, -0.2) is 0 Å². The molecule has 0 saturated carbocycles. The fourth-order valence-electron chi connectivity index (χ4n) is 1.83. The van der Waals surface area contributed by atoms with E-state index in [9.17, 15) is 0 Å². The number of hydrogen-bond acceptors (Lipinski definition) is 0. The van der Waals surface area contributed by atoms with Crippen molar-refractivity contribution >= 4 is 0 Å². The summed E-state index contributed by atoms with van der Waals surface area (Å²) >= 11 is 0. The SMILES string of the molecule is CCCCCC[NH+](C)CCCCCC.[Br-]. The van der Waals surface area contributed by atoms with Gasteiger partial charge in [-0.3, -0.25) is 0 Å². The molecule has 0 aliphatic carbocycles. The predicted octanol–water partition coefficient (Wildman–Crippen LogP) is -0.334. The van der Waals surface area contributed by atoms with E-state index < -0.39 is 0 Å². The van der Waals surface area contributed by atoms with Gasteiger partial charge >= 0.3 is 0 Å². The average molecular weight is 280 g/mol. The first kappa shape index (κ1) is 17.8. The second-order valence-electron chi connectivity index (χ2n) is 4.58. The Kier molecular flexibility index (Phi) is 17.2. The predicted molar refractivity (Wildman–Crippen MR) is 64.9 cm³/mol. The first-order chi connectivity index (χ1) is 6.81. The number of hydrogen-bond donors (Lipinski definition) is 1. The van der Waals surface area contributed by atoms with Crippen molar-refractivity contribution in [3.05, 3.63) is 0 Å². The lowest BCUT2D eigenvalue weighted by Gasteiger charge is -2.13. The zero-order chi connectivity index (χ0) is 10.6. The molecule has 94 valence electrons. The van der Waals surface area contributed by atoms with Gasteiger partial charge in [-0.1, -0.05) is 39.5 Å². The largest absolute Gasteiger partial charge is 1.00 e. The molecular formula is C13H30BrN. The Balaban J connectivity index is 0. The molecule has 0 aromatic rings. The van der Waals surface area contributed by atoms with Crippen LogP contribution in [-0.2, 0) is 0 Å². The molecule has 2 heteroatoms.